The summed E-state index contributed by atoms with van der Waals surface area (Å²) >= 11 is 0. The first-order valence-electron chi connectivity index (χ1n) is 6.53. The molecule has 98 valence electrons. The van der Waals surface area contributed by atoms with Crippen molar-refractivity contribution in [3.63, 3.8) is 0 Å². The third kappa shape index (κ3) is 2.66. The smallest absolute Gasteiger partial charge is 0.227 e. The van der Waals surface area contributed by atoms with E-state index in [1.807, 2.05) is 43.9 Å². The van der Waals surface area contributed by atoms with Crippen LogP contribution in [0.5, 0.6) is 0 Å². The molecule has 0 bridgehead atoms. The van der Waals surface area contributed by atoms with Crippen molar-refractivity contribution in [3.05, 3.63) is 29.8 Å². The van der Waals surface area contributed by atoms with Crippen LogP contribution in [0, 0.1) is 5.41 Å². The predicted octanol–water partition coefficient (Wildman–Crippen LogP) is 2.63. The zero-order valence-corrected chi connectivity index (χ0v) is 11.4. The highest BCUT2D eigenvalue weighted by atomic mass is 16.2. The largest absolute Gasteiger partial charge is 0.399 e. The molecular weight excluding hydrogens is 224 g/mol. The van der Waals surface area contributed by atoms with Gasteiger partial charge >= 0.3 is 0 Å². The Morgan fingerprint density at radius 2 is 2.11 bits per heavy atom. The number of hydrogen-bond acceptors (Lipinski definition) is 2. The Labute approximate surface area is 109 Å². The maximum Gasteiger partial charge on any atom is 0.227 e. The summed E-state index contributed by atoms with van der Waals surface area (Å²) in [6, 6.07) is 8.01. The SMILES string of the molecule is CC(C)(C)C(=O)N1CCC(c2cccc(N)c2)C1. The van der Waals surface area contributed by atoms with E-state index in [0.29, 0.717) is 5.92 Å². The molecule has 0 aliphatic carbocycles. The van der Waals surface area contributed by atoms with Crippen molar-refractivity contribution in [3.8, 4) is 0 Å². The van der Waals surface area contributed by atoms with Crippen molar-refractivity contribution < 1.29 is 4.79 Å². The second kappa shape index (κ2) is 4.63. The summed E-state index contributed by atoms with van der Waals surface area (Å²) in [6.45, 7) is 7.60. The van der Waals surface area contributed by atoms with Gasteiger partial charge < -0.3 is 10.6 Å². The highest BCUT2D eigenvalue weighted by Gasteiger charge is 2.33. The minimum atomic E-state index is -0.287. The average molecular weight is 246 g/mol. The highest BCUT2D eigenvalue weighted by molar-refractivity contribution is 5.81. The Bertz CT molecular complexity index is 448. The Morgan fingerprint density at radius 1 is 1.39 bits per heavy atom. The summed E-state index contributed by atoms with van der Waals surface area (Å²) in [5, 5.41) is 0. The minimum Gasteiger partial charge on any atom is -0.399 e. The lowest BCUT2D eigenvalue weighted by Crippen LogP contribution is -2.37. The minimum absolute atomic E-state index is 0.244. The van der Waals surface area contributed by atoms with Crippen molar-refractivity contribution >= 4 is 11.6 Å². The van der Waals surface area contributed by atoms with E-state index in [9.17, 15) is 4.79 Å². The van der Waals surface area contributed by atoms with Gasteiger partial charge in [0.05, 0.1) is 0 Å². The fraction of sp³-hybridized carbons (Fsp3) is 0.533. The zero-order chi connectivity index (χ0) is 13.3. The van der Waals surface area contributed by atoms with E-state index in [0.717, 1.165) is 25.2 Å². The van der Waals surface area contributed by atoms with E-state index in [4.69, 9.17) is 5.73 Å². The third-order valence-corrected chi connectivity index (χ3v) is 3.50. The van der Waals surface area contributed by atoms with Crippen molar-refractivity contribution in [2.45, 2.75) is 33.1 Å². The van der Waals surface area contributed by atoms with Crippen molar-refractivity contribution in [2.24, 2.45) is 5.41 Å². The summed E-state index contributed by atoms with van der Waals surface area (Å²) < 4.78 is 0. The molecule has 1 atom stereocenters. The topological polar surface area (TPSA) is 46.3 Å². The summed E-state index contributed by atoms with van der Waals surface area (Å²) in [7, 11) is 0. The quantitative estimate of drug-likeness (QED) is 0.774. The molecule has 1 aliphatic rings. The van der Waals surface area contributed by atoms with Crippen LogP contribution in [0.1, 0.15) is 38.7 Å². The Kier molecular flexibility index (Phi) is 3.33. The van der Waals surface area contributed by atoms with Gasteiger partial charge in [-0.1, -0.05) is 32.9 Å². The van der Waals surface area contributed by atoms with Crippen LogP contribution in [-0.2, 0) is 4.79 Å². The zero-order valence-electron chi connectivity index (χ0n) is 11.4. The molecule has 3 heteroatoms. The molecule has 1 fully saturated rings. The Morgan fingerprint density at radius 3 is 2.72 bits per heavy atom. The lowest BCUT2D eigenvalue weighted by Gasteiger charge is -2.25. The Hall–Kier alpha value is -1.51. The van der Waals surface area contributed by atoms with Gasteiger partial charge in [0.1, 0.15) is 0 Å². The molecule has 3 nitrogen and oxygen atoms in total. The van der Waals surface area contributed by atoms with Crippen LogP contribution in [0.3, 0.4) is 0 Å². The number of benzene rings is 1. The van der Waals surface area contributed by atoms with E-state index >= 15 is 0 Å². The van der Waals surface area contributed by atoms with Crippen LogP contribution in [0.4, 0.5) is 5.69 Å². The third-order valence-electron chi connectivity index (χ3n) is 3.50. The van der Waals surface area contributed by atoms with E-state index in [1.165, 1.54) is 5.56 Å². The molecular formula is C15H22N2O. The summed E-state index contributed by atoms with van der Waals surface area (Å²) in [5.41, 5.74) is 7.57. The van der Waals surface area contributed by atoms with Gasteiger partial charge in [-0.25, -0.2) is 0 Å². The molecule has 2 N–H and O–H groups in total. The molecule has 1 aromatic rings. The second-order valence-corrected chi connectivity index (χ2v) is 6.16. The van der Waals surface area contributed by atoms with Crippen LogP contribution < -0.4 is 5.73 Å². The molecule has 1 unspecified atom stereocenters. The molecule has 1 aliphatic heterocycles. The summed E-state index contributed by atoms with van der Waals surface area (Å²) in [4.78, 5) is 14.2. The van der Waals surface area contributed by atoms with Crippen molar-refractivity contribution in [1.82, 2.24) is 4.90 Å². The number of nitrogen functional groups attached to an aromatic ring is 1. The number of likely N-dealkylation sites (tertiary alicyclic amines) is 1. The van der Waals surface area contributed by atoms with Crippen LogP contribution in [-0.4, -0.2) is 23.9 Å². The average Bonchev–Trinajstić information content (AvgIpc) is 2.75. The van der Waals surface area contributed by atoms with Crippen molar-refractivity contribution in [1.29, 1.82) is 0 Å². The first-order chi connectivity index (χ1) is 8.38. The lowest BCUT2D eigenvalue weighted by atomic mass is 9.94. The van der Waals surface area contributed by atoms with Gasteiger partial charge in [-0.15, -0.1) is 0 Å². The fourth-order valence-electron chi connectivity index (χ4n) is 2.50. The predicted molar refractivity (Wildman–Crippen MR) is 74.2 cm³/mol. The van der Waals surface area contributed by atoms with E-state index in [-0.39, 0.29) is 11.3 Å². The number of nitrogens with zero attached hydrogens (tertiary/aromatic N) is 1. The lowest BCUT2D eigenvalue weighted by molar-refractivity contribution is -0.138. The number of amides is 1. The first kappa shape index (κ1) is 12.9. The number of hydrogen-bond donors (Lipinski definition) is 1. The van der Waals surface area contributed by atoms with Gasteiger partial charge in [0.25, 0.3) is 0 Å². The maximum atomic E-state index is 12.2. The number of carbonyl (C=O) groups is 1. The Balaban J connectivity index is 2.07. The molecule has 0 saturated carbocycles. The van der Waals surface area contributed by atoms with Crippen molar-refractivity contribution in [2.75, 3.05) is 18.8 Å². The van der Waals surface area contributed by atoms with Crippen LogP contribution in [0.15, 0.2) is 24.3 Å². The number of rotatable bonds is 1. The van der Waals surface area contributed by atoms with E-state index in [2.05, 4.69) is 6.07 Å². The van der Waals surface area contributed by atoms with Crippen LogP contribution in [0.2, 0.25) is 0 Å². The standard InChI is InChI=1S/C15H22N2O/c1-15(2,3)14(18)17-8-7-12(10-17)11-5-4-6-13(16)9-11/h4-6,9,12H,7-8,10,16H2,1-3H3. The monoisotopic (exact) mass is 246 g/mol. The van der Waals surface area contributed by atoms with E-state index < -0.39 is 0 Å². The van der Waals surface area contributed by atoms with E-state index in [1.54, 1.807) is 0 Å². The normalized spacial score (nSPS) is 20.2. The molecule has 1 saturated heterocycles. The number of nitrogens with two attached hydrogens (primary N) is 1. The summed E-state index contributed by atoms with van der Waals surface area (Å²) in [6.07, 6.45) is 1.03. The van der Waals surface area contributed by atoms with Crippen LogP contribution in [0.25, 0.3) is 0 Å². The molecule has 0 spiro atoms. The molecule has 1 aromatic carbocycles. The summed E-state index contributed by atoms with van der Waals surface area (Å²) in [5.74, 6) is 0.675. The molecule has 0 aromatic heterocycles. The number of anilines is 1. The molecule has 0 radical (unpaired) electrons. The molecule has 2 rings (SSSR count). The van der Waals surface area contributed by atoms with Gasteiger partial charge in [-0.2, -0.15) is 0 Å². The van der Waals surface area contributed by atoms with Gasteiger partial charge in [-0.05, 0) is 24.1 Å². The van der Waals surface area contributed by atoms with Gasteiger partial charge in [0, 0.05) is 30.1 Å². The molecule has 1 amide bonds. The fourth-order valence-corrected chi connectivity index (χ4v) is 2.50. The van der Waals surface area contributed by atoms with Gasteiger partial charge in [0.15, 0.2) is 0 Å². The first-order valence-corrected chi connectivity index (χ1v) is 6.53. The van der Waals surface area contributed by atoms with Gasteiger partial charge in [0.2, 0.25) is 5.91 Å². The highest BCUT2D eigenvalue weighted by Crippen LogP contribution is 2.30. The van der Waals surface area contributed by atoms with Crippen LogP contribution >= 0.6 is 0 Å². The molecule has 1 heterocycles. The second-order valence-electron chi connectivity index (χ2n) is 6.16. The molecule has 18 heavy (non-hydrogen) atoms. The maximum absolute atomic E-state index is 12.2. The van der Waals surface area contributed by atoms with Gasteiger partial charge in [-0.3, -0.25) is 4.79 Å². The number of carbonyl (C=O) groups excluding carboxylic acids is 1.